The van der Waals surface area contributed by atoms with Crippen LogP contribution in [0.25, 0.3) is 0 Å². The van der Waals surface area contributed by atoms with E-state index in [4.69, 9.17) is 5.26 Å². The molecule has 1 unspecified atom stereocenters. The number of nitriles is 1. The lowest BCUT2D eigenvalue weighted by atomic mass is 10.0. The number of phenols is 1. The van der Waals surface area contributed by atoms with Crippen LogP contribution in [0.3, 0.4) is 0 Å². The Morgan fingerprint density at radius 2 is 2.00 bits per heavy atom. The highest BCUT2D eigenvalue weighted by molar-refractivity contribution is 5.56. The molecule has 0 aliphatic carbocycles. The first kappa shape index (κ1) is 13.9. The Hall–Kier alpha value is -2.54. The van der Waals surface area contributed by atoms with Gasteiger partial charge in [0, 0.05) is 11.3 Å². The fourth-order valence-electron chi connectivity index (χ4n) is 2.03. The van der Waals surface area contributed by atoms with Crippen LogP contribution in [0.15, 0.2) is 36.4 Å². The van der Waals surface area contributed by atoms with Gasteiger partial charge in [0.15, 0.2) is 0 Å². The van der Waals surface area contributed by atoms with Crippen LogP contribution in [0, 0.1) is 24.1 Å². The Morgan fingerprint density at radius 1 is 1.25 bits per heavy atom. The number of phenolic OH excluding ortho intramolecular Hbond substituents is 1. The van der Waals surface area contributed by atoms with Gasteiger partial charge in [0.25, 0.3) is 0 Å². The maximum Gasteiger partial charge on any atom is 0.123 e. The average Bonchev–Trinajstić information content (AvgIpc) is 2.43. The van der Waals surface area contributed by atoms with Gasteiger partial charge in [-0.25, -0.2) is 4.39 Å². The van der Waals surface area contributed by atoms with Gasteiger partial charge in [-0.1, -0.05) is 6.07 Å². The average molecular weight is 270 g/mol. The summed E-state index contributed by atoms with van der Waals surface area (Å²) in [4.78, 5) is 0. The third-order valence-electron chi connectivity index (χ3n) is 3.19. The molecule has 102 valence electrons. The van der Waals surface area contributed by atoms with Crippen molar-refractivity contribution < 1.29 is 9.50 Å². The highest BCUT2D eigenvalue weighted by atomic mass is 19.1. The standard InChI is InChI=1S/C16H15FN2O/c1-10-3-4-12(9-18)7-15(10)19-11(2)14-8-13(17)5-6-16(14)20/h3-8,11,19-20H,1-2H3. The molecule has 0 spiro atoms. The lowest BCUT2D eigenvalue weighted by molar-refractivity contribution is 0.462. The highest BCUT2D eigenvalue weighted by Gasteiger charge is 2.12. The number of hydrogen-bond donors (Lipinski definition) is 2. The zero-order valence-corrected chi connectivity index (χ0v) is 11.3. The number of halogens is 1. The molecule has 2 aromatic carbocycles. The zero-order valence-electron chi connectivity index (χ0n) is 11.3. The van der Waals surface area contributed by atoms with Crippen molar-refractivity contribution in [3.63, 3.8) is 0 Å². The van der Waals surface area contributed by atoms with Gasteiger partial charge in [0.1, 0.15) is 11.6 Å². The van der Waals surface area contributed by atoms with Gasteiger partial charge in [0.05, 0.1) is 17.7 Å². The van der Waals surface area contributed by atoms with Crippen molar-refractivity contribution in [2.24, 2.45) is 0 Å². The fourth-order valence-corrected chi connectivity index (χ4v) is 2.03. The highest BCUT2D eigenvalue weighted by Crippen LogP contribution is 2.29. The van der Waals surface area contributed by atoms with E-state index in [-0.39, 0.29) is 11.8 Å². The molecule has 0 fully saturated rings. The van der Waals surface area contributed by atoms with Crippen LogP contribution in [-0.2, 0) is 0 Å². The van der Waals surface area contributed by atoms with E-state index in [1.54, 1.807) is 12.1 Å². The molecule has 3 nitrogen and oxygen atoms in total. The molecular weight excluding hydrogens is 255 g/mol. The van der Waals surface area contributed by atoms with Crippen LogP contribution in [0.2, 0.25) is 0 Å². The van der Waals surface area contributed by atoms with Crippen LogP contribution in [-0.4, -0.2) is 5.11 Å². The molecule has 0 saturated heterocycles. The summed E-state index contributed by atoms with van der Waals surface area (Å²) in [5.74, 6) is -0.352. The number of rotatable bonds is 3. The third-order valence-corrected chi connectivity index (χ3v) is 3.19. The van der Waals surface area contributed by atoms with Crippen LogP contribution >= 0.6 is 0 Å². The van der Waals surface area contributed by atoms with Crippen LogP contribution < -0.4 is 5.32 Å². The van der Waals surface area contributed by atoms with E-state index in [9.17, 15) is 9.50 Å². The first-order chi connectivity index (χ1) is 9.51. The third kappa shape index (κ3) is 2.89. The number of aryl methyl sites for hydroxylation is 1. The quantitative estimate of drug-likeness (QED) is 0.889. The largest absolute Gasteiger partial charge is 0.508 e. The van der Waals surface area contributed by atoms with Gasteiger partial charge in [-0.15, -0.1) is 0 Å². The number of hydrogen-bond acceptors (Lipinski definition) is 3. The Morgan fingerprint density at radius 3 is 2.70 bits per heavy atom. The summed E-state index contributed by atoms with van der Waals surface area (Å²) in [6, 6.07) is 11.0. The lowest BCUT2D eigenvalue weighted by Gasteiger charge is -2.18. The van der Waals surface area contributed by atoms with Crippen molar-refractivity contribution >= 4 is 5.69 Å². The van der Waals surface area contributed by atoms with Crippen molar-refractivity contribution in [2.75, 3.05) is 5.32 Å². The molecule has 0 bridgehead atoms. The van der Waals surface area contributed by atoms with Crippen molar-refractivity contribution in [3.05, 3.63) is 58.9 Å². The molecule has 0 aromatic heterocycles. The Bertz CT molecular complexity index is 677. The normalized spacial score (nSPS) is 11.7. The topological polar surface area (TPSA) is 56.0 Å². The molecule has 0 amide bonds. The summed E-state index contributed by atoms with van der Waals surface area (Å²) in [6.07, 6.45) is 0. The zero-order chi connectivity index (χ0) is 14.7. The number of anilines is 1. The smallest absolute Gasteiger partial charge is 0.123 e. The molecule has 0 saturated carbocycles. The molecule has 1 atom stereocenters. The molecule has 0 aliphatic heterocycles. The lowest BCUT2D eigenvalue weighted by Crippen LogP contribution is -2.08. The molecule has 20 heavy (non-hydrogen) atoms. The maximum absolute atomic E-state index is 13.3. The summed E-state index contributed by atoms with van der Waals surface area (Å²) >= 11 is 0. The number of benzene rings is 2. The van der Waals surface area contributed by atoms with E-state index in [1.807, 2.05) is 19.9 Å². The summed E-state index contributed by atoms with van der Waals surface area (Å²) < 4.78 is 13.3. The molecular formula is C16H15FN2O. The van der Waals surface area contributed by atoms with Gasteiger partial charge < -0.3 is 10.4 Å². The van der Waals surface area contributed by atoms with E-state index in [0.29, 0.717) is 11.1 Å². The second kappa shape index (κ2) is 5.62. The van der Waals surface area contributed by atoms with E-state index < -0.39 is 5.82 Å². The van der Waals surface area contributed by atoms with Gasteiger partial charge in [-0.3, -0.25) is 0 Å². The van der Waals surface area contributed by atoms with Gasteiger partial charge in [-0.05, 0) is 49.7 Å². The van der Waals surface area contributed by atoms with E-state index >= 15 is 0 Å². The van der Waals surface area contributed by atoms with Crippen molar-refractivity contribution in [1.82, 2.24) is 0 Å². The van der Waals surface area contributed by atoms with Crippen LogP contribution in [0.4, 0.5) is 10.1 Å². The van der Waals surface area contributed by atoms with Gasteiger partial charge >= 0.3 is 0 Å². The fraction of sp³-hybridized carbons (Fsp3) is 0.188. The maximum atomic E-state index is 13.3. The second-order valence-electron chi connectivity index (χ2n) is 4.71. The predicted molar refractivity (Wildman–Crippen MR) is 76.0 cm³/mol. The first-order valence-corrected chi connectivity index (χ1v) is 6.27. The van der Waals surface area contributed by atoms with Crippen LogP contribution in [0.1, 0.15) is 29.7 Å². The molecule has 2 aromatic rings. The molecule has 0 heterocycles. The monoisotopic (exact) mass is 270 g/mol. The second-order valence-corrected chi connectivity index (χ2v) is 4.71. The summed E-state index contributed by atoms with van der Waals surface area (Å²) in [5.41, 5.74) is 2.80. The Balaban J connectivity index is 2.30. The molecule has 4 heteroatoms. The van der Waals surface area contributed by atoms with E-state index in [1.165, 1.54) is 18.2 Å². The molecule has 0 aliphatic rings. The number of aromatic hydroxyl groups is 1. The Labute approximate surface area is 117 Å². The Kier molecular flexibility index (Phi) is 3.90. The summed E-state index contributed by atoms with van der Waals surface area (Å²) in [6.45, 7) is 3.74. The SMILES string of the molecule is Cc1ccc(C#N)cc1NC(C)c1cc(F)ccc1O. The van der Waals surface area contributed by atoms with Gasteiger partial charge in [0.2, 0.25) is 0 Å². The van der Waals surface area contributed by atoms with Crippen LogP contribution in [0.5, 0.6) is 5.75 Å². The van der Waals surface area contributed by atoms with Crippen molar-refractivity contribution in [1.29, 1.82) is 5.26 Å². The first-order valence-electron chi connectivity index (χ1n) is 6.27. The molecule has 2 rings (SSSR count). The van der Waals surface area contributed by atoms with Crippen molar-refractivity contribution in [2.45, 2.75) is 19.9 Å². The van der Waals surface area contributed by atoms with E-state index in [0.717, 1.165) is 11.3 Å². The van der Waals surface area contributed by atoms with Gasteiger partial charge in [-0.2, -0.15) is 5.26 Å². The summed E-state index contributed by atoms with van der Waals surface area (Å²) in [5, 5.41) is 21.9. The summed E-state index contributed by atoms with van der Waals surface area (Å²) in [7, 11) is 0. The number of nitrogens with zero attached hydrogens (tertiary/aromatic N) is 1. The number of nitrogens with one attached hydrogen (secondary N) is 1. The minimum absolute atomic E-state index is 0.0421. The van der Waals surface area contributed by atoms with Crippen molar-refractivity contribution in [3.8, 4) is 11.8 Å². The van der Waals surface area contributed by atoms with E-state index in [2.05, 4.69) is 11.4 Å². The minimum Gasteiger partial charge on any atom is -0.508 e. The minimum atomic E-state index is -0.394. The molecule has 2 N–H and O–H groups in total. The molecule has 0 radical (unpaired) electrons. The predicted octanol–water partition coefficient (Wildman–Crippen LogP) is 3.88.